The largest absolute Gasteiger partial charge is 0.393 e. The number of ether oxygens (including phenoxy) is 1. The number of aryl methyl sites for hydroxylation is 2. The normalized spacial score (nSPS) is 28.2. The van der Waals surface area contributed by atoms with E-state index in [1.807, 2.05) is 30.9 Å². The fraction of sp³-hybridized carbons (Fsp3) is 0.611. The lowest BCUT2D eigenvalue weighted by molar-refractivity contribution is -0.0383. The molecule has 1 aliphatic heterocycles. The summed E-state index contributed by atoms with van der Waals surface area (Å²) in [4.78, 5) is 14.9. The van der Waals surface area contributed by atoms with Crippen LogP contribution in [0.1, 0.15) is 40.7 Å². The van der Waals surface area contributed by atoms with E-state index in [4.69, 9.17) is 16.3 Å². The van der Waals surface area contributed by atoms with Crippen molar-refractivity contribution in [1.29, 1.82) is 0 Å². The van der Waals surface area contributed by atoms with E-state index >= 15 is 0 Å². The summed E-state index contributed by atoms with van der Waals surface area (Å²) in [5, 5.41) is 10.7. The standard InChI is InChI=1S/C18H24ClNO3/c1-11-8-14(15(19)9-12(11)2)18(22)20-6-7-23-10-16(20)13-4-3-5-17(13)21/h8-9,13,16-17,21H,3-7,10H2,1-2H3/t13-,16-,17-/m1/s1. The molecule has 3 rings (SSSR count). The van der Waals surface area contributed by atoms with E-state index in [-0.39, 0.29) is 24.0 Å². The predicted molar refractivity (Wildman–Crippen MR) is 89.9 cm³/mol. The molecular formula is C18H24ClNO3. The summed E-state index contributed by atoms with van der Waals surface area (Å²) in [6.07, 6.45) is 2.43. The molecule has 4 nitrogen and oxygen atoms in total. The van der Waals surface area contributed by atoms with Gasteiger partial charge >= 0.3 is 0 Å². The van der Waals surface area contributed by atoms with Crippen molar-refractivity contribution in [1.82, 2.24) is 4.90 Å². The first kappa shape index (κ1) is 16.7. The molecule has 0 aromatic heterocycles. The molecule has 1 saturated carbocycles. The van der Waals surface area contributed by atoms with Crippen LogP contribution in [-0.2, 0) is 4.74 Å². The first-order valence-corrected chi connectivity index (χ1v) is 8.70. The maximum atomic E-state index is 13.1. The average Bonchev–Trinajstić information content (AvgIpc) is 2.96. The van der Waals surface area contributed by atoms with Gasteiger partial charge in [0.05, 0.1) is 35.9 Å². The Morgan fingerprint density at radius 2 is 2.04 bits per heavy atom. The highest BCUT2D eigenvalue weighted by Gasteiger charge is 2.40. The summed E-state index contributed by atoms with van der Waals surface area (Å²) in [5.74, 6) is 0.0510. The van der Waals surface area contributed by atoms with Gasteiger partial charge in [0, 0.05) is 12.5 Å². The van der Waals surface area contributed by atoms with Crippen LogP contribution in [-0.4, -0.2) is 47.8 Å². The van der Waals surface area contributed by atoms with E-state index < -0.39 is 0 Å². The minimum Gasteiger partial charge on any atom is -0.393 e. The van der Waals surface area contributed by atoms with Crippen LogP contribution in [0.15, 0.2) is 12.1 Å². The SMILES string of the molecule is Cc1cc(Cl)c(C(=O)N2CCOC[C@@H]2[C@H]2CCC[C@H]2O)cc1C. The van der Waals surface area contributed by atoms with Gasteiger partial charge in [-0.05, 0) is 49.9 Å². The van der Waals surface area contributed by atoms with Gasteiger partial charge < -0.3 is 14.7 Å². The molecule has 1 N–H and O–H groups in total. The average molecular weight is 338 g/mol. The molecule has 1 amide bonds. The number of rotatable bonds is 2. The van der Waals surface area contributed by atoms with Gasteiger partial charge in [-0.15, -0.1) is 0 Å². The Bertz CT molecular complexity index is 604. The molecule has 5 heteroatoms. The predicted octanol–water partition coefficient (Wildman–Crippen LogP) is 2.96. The van der Waals surface area contributed by atoms with Crippen LogP contribution in [0, 0.1) is 19.8 Å². The molecule has 1 aromatic rings. The van der Waals surface area contributed by atoms with Crippen LogP contribution in [0.2, 0.25) is 5.02 Å². The summed E-state index contributed by atoms with van der Waals surface area (Å²) in [6, 6.07) is 3.66. The van der Waals surface area contributed by atoms with Crippen molar-refractivity contribution in [3.05, 3.63) is 33.8 Å². The van der Waals surface area contributed by atoms with Crippen LogP contribution < -0.4 is 0 Å². The molecule has 23 heavy (non-hydrogen) atoms. The fourth-order valence-corrected chi connectivity index (χ4v) is 4.05. The Kier molecular flexibility index (Phi) is 4.95. The maximum absolute atomic E-state index is 13.1. The lowest BCUT2D eigenvalue weighted by atomic mass is 9.93. The number of aliphatic hydroxyl groups is 1. The summed E-state index contributed by atoms with van der Waals surface area (Å²) in [6.45, 7) is 5.56. The summed E-state index contributed by atoms with van der Waals surface area (Å²) in [5.41, 5.74) is 2.69. The summed E-state index contributed by atoms with van der Waals surface area (Å²) < 4.78 is 5.59. The molecule has 2 aliphatic rings. The van der Waals surface area contributed by atoms with Crippen molar-refractivity contribution < 1.29 is 14.6 Å². The minimum atomic E-state index is -0.341. The third-order valence-corrected chi connectivity index (χ3v) is 5.58. The Labute approximate surface area is 142 Å². The van der Waals surface area contributed by atoms with Crippen LogP contribution in [0.4, 0.5) is 0 Å². The molecule has 0 unspecified atom stereocenters. The Balaban J connectivity index is 1.88. The van der Waals surface area contributed by atoms with E-state index in [0.717, 1.165) is 30.4 Å². The molecule has 1 aliphatic carbocycles. The van der Waals surface area contributed by atoms with E-state index in [9.17, 15) is 9.90 Å². The first-order chi connectivity index (χ1) is 11.0. The van der Waals surface area contributed by atoms with Gasteiger partial charge in [0.2, 0.25) is 0 Å². The van der Waals surface area contributed by atoms with Crippen molar-refractivity contribution >= 4 is 17.5 Å². The van der Waals surface area contributed by atoms with Gasteiger partial charge in [0.1, 0.15) is 0 Å². The van der Waals surface area contributed by atoms with Crippen molar-refractivity contribution in [2.24, 2.45) is 5.92 Å². The van der Waals surface area contributed by atoms with Crippen LogP contribution >= 0.6 is 11.6 Å². The van der Waals surface area contributed by atoms with Gasteiger partial charge in [-0.3, -0.25) is 4.79 Å². The second-order valence-electron chi connectivity index (χ2n) is 6.72. The zero-order valence-corrected chi connectivity index (χ0v) is 14.5. The second kappa shape index (κ2) is 6.80. The van der Waals surface area contributed by atoms with Crippen LogP contribution in [0.25, 0.3) is 0 Å². The number of nitrogens with zero attached hydrogens (tertiary/aromatic N) is 1. The molecule has 2 fully saturated rings. The topological polar surface area (TPSA) is 49.8 Å². The quantitative estimate of drug-likeness (QED) is 0.902. The number of benzene rings is 1. The zero-order valence-electron chi connectivity index (χ0n) is 13.7. The Hall–Kier alpha value is -1.10. The lowest BCUT2D eigenvalue weighted by Crippen LogP contribution is -2.53. The number of hydrogen-bond donors (Lipinski definition) is 1. The number of aliphatic hydroxyl groups excluding tert-OH is 1. The molecule has 126 valence electrons. The summed E-state index contributed by atoms with van der Waals surface area (Å²) in [7, 11) is 0. The molecule has 1 aromatic carbocycles. The van der Waals surface area contributed by atoms with Gasteiger partial charge in [-0.1, -0.05) is 18.0 Å². The van der Waals surface area contributed by atoms with Crippen molar-refractivity contribution in [2.45, 2.75) is 45.3 Å². The summed E-state index contributed by atoms with van der Waals surface area (Å²) >= 11 is 6.32. The Morgan fingerprint density at radius 3 is 2.74 bits per heavy atom. The number of hydrogen-bond acceptors (Lipinski definition) is 3. The van der Waals surface area contributed by atoms with Gasteiger partial charge in [-0.2, -0.15) is 0 Å². The van der Waals surface area contributed by atoms with Crippen molar-refractivity contribution in [2.75, 3.05) is 19.8 Å². The molecule has 0 bridgehead atoms. The van der Waals surface area contributed by atoms with Crippen molar-refractivity contribution in [3.8, 4) is 0 Å². The molecular weight excluding hydrogens is 314 g/mol. The van der Waals surface area contributed by atoms with Crippen LogP contribution in [0.3, 0.4) is 0 Å². The molecule has 1 heterocycles. The number of amides is 1. The molecule has 0 radical (unpaired) electrons. The Morgan fingerprint density at radius 1 is 1.30 bits per heavy atom. The zero-order chi connectivity index (χ0) is 16.6. The van der Waals surface area contributed by atoms with E-state index in [0.29, 0.717) is 30.3 Å². The molecule has 0 spiro atoms. The highest BCUT2D eigenvalue weighted by molar-refractivity contribution is 6.34. The van der Waals surface area contributed by atoms with Gasteiger partial charge in [0.25, 0.3) is 5.91 Å². The van der Waals surface area contributed by atoms with Crippen LogP contribution in [0.5, 0.6) is 0 Å². The third kappa shape index (κ3) is 3.25. The highest BCUT2D eigenvalue weighted by Crippen LogP contribution is 2.33. The number of halogens is 1. The molecule has 3 atom stereocenters. The first-order valence-electron chi connectivity index (χ1n) is 8.32. The van der Waals surface area contributed by atoms with Gasteiger partial charge in [-0.25, -0.2) is 0 Å². The van der Waals surface area contributed by atoms with Gasteiger partial charge in [0.15, 0.2) is 0 Å². The minimum absolute atomic E-state index is 0.0505. The lowest BCUT2D eigenvalue weighted by Gasteiger charge is -2.40. The van der Waals surface area contributed by atoms with E-state index in [1.54, 1.807) is 0 Å². The number of carbonyl (C=O) groups is 1. The second-order valence-corrected chi connectivity index (χ2v) is 7.13. The smallest absolute Gasteiger partial charge is 0.255 e. The third-order valence-electron chi connectivity index (χ3n) is 5.27. The van der Waals surface area contributed by atoms with Crippen molar-refractivity contribution in [3.63, 3.8) is 0 Å². The number of morpholine rings is 1. The highest BCUT2D eigenvalue weighted by atomic mass is 35.5. The number of carbonyl (C=O) groups excluding carboxylic acids is 1. The molecule has 1 saturated heterocycles. The van der Waals surface area contributed by atoms with E-state index in [1.165, 1.54) is 0 Å². The monoisotopic (exact) mass is 337 g/mol. The maximum Gasteiger partial charge on any atom is 0.255 e. The van der Waals surface area contributed by atoms with E-state index in [2.05, 4.69) is 0 Å². The fourth-order valence-electron chi connectivity index (χ4n) is 3.75.